The van der Waals surface area contributed by atoms with Crippen LogP contribution in [0.2, 0.25) is 0 Å². The molecule has 1 aliphatic carbocycles. The summed E-state index contributed by atoms with van der Waals surface area (Å²) in [6.07, 6.45) is 15.7. The van der Waals surface area contributed by atoms with Crippen LogP contribution in [-0.4, -0.2) is 30.4 Å². The monoisotopic (exact) mass is 495 g/mol. The van der Waals surface area contributed by atoms with Crippen molar-refractivity contribution < 1.29 is 13.9 Å². The first-order valence-electron chi connectivity index (χ1n) is 12.0. The smallest absolute Gasteiger partial charge is 0.137 e. The van der Waals surface area contributed by atoms with Gasteiger partial charge in [-0.15, -0.1) is 0 Å². The van der Waals surface area contributed by atoms with Gasteiger partial charge in [0.05, 0.1) is 6.54 Å². The number of thioether (sulfide) groups is 1. The molecule has 0 spiro atoms. The first kappa shape index (κ1) is 25.3. The number of rotatable bonds is 9. The normalized spacial score (nSPS) is 21.4. The Kier molecular flexibility index (Phi) is 8.52. The fourth-order valence-corrected chi connectivity index (χ4v) is 6.15. The highest BCUT2D eigenvalue weighted by molar-refractivity contribution is 8.00. The molecule has 1 N–H and O–H groups in total. The molecule has 7 heteroatoms. The van der Waals surface area contributed by atoms with Gasteiger partial charge in [-0.3, -0.25) is 0 Å². The van der Waals surface area contributed by atoms with Gasteiger partial charge in [-0.1, -0.05) is 67.6 Å². The van der Waals surface area contributed by atoms with Gasteiger partial charge in [-0.2, -0.15) is 16.9 Å². The summed E-state index contributed by atoms with van der Waals surface area (Å²) in [5.74, 6) is -0.886. The van der Waals surface area contributed by atoms with Crippen molar-refractivity contribution in [3.8, 4) is 0 Å². The molecule has 1 aliphatic rings. The Bertz CT molecular complexity index is 1130. The standard InChI is InChI=1S/C28H31F2N3OS/c1-21(28(34,18-33-20-31-19-32-33)26-16-13-24(29)17-27(26)30)35-25-14-11-23(12-15-25)10-6-5-9-22-7-3-2-4-8-22/h2-10,13,16-17,19-21,23,25,34H,11-12,14-15,18H2,1H3/b9-5+,10-6+/t21-,23?,25?,28-/m1/s1. The topological polar surface area (TPSA) is 50.9 Å². The number of halogens is 2. The fourth-order valence-electron chi connectivity index (χ4n) is 4.61. The number of benzene rings is 2. The maximum absolute atomic E-state index is 14.8. The van der Waals surface area contributed by atoms with Crippen LogP contribution in [0.25, 0.3) is 6.08 Å². The van der Waals surface area contributed by atoms with Gasteiger partial charge in [-0.05, 0) is 43.2 Å². The molecular weight excluding hydrogens is 464 g/mol. The number of nitrogens with zero attached hydrogens (tertiary/aromatic N) is 3. The van der Waals surface area contributed by atoms with Gasteiger partial charge in [0.1, 0.15) is 29.9 Å². The number of allylic oxidation sites excluding steroid dienone is 3. The molecule has 2 aromatic carbocycles. The Morgan fingerprint density at radius 1 is 1.11 bits per heavy atom. The average molecular weight is 496 g/mol. The first-order chi connectivity index (χ1) is 16.9. The molecule has 0 unspecified atom stereocenters. The Balaban J connectivity index is 1.37. The molecule has 0 aliphatic heterocycles. The van der Waals surface area contributed by atoms with Gasteiger partial charge in [0.15, 0.2) is 0 Å². The van der Waals surface area contributed by atoms with Crippen LogP contribution in [0.15, 0.2) is 79.4 Å². The van der Waals surface area contributed by atoms with Gasteiger partial charge in [-0.25, -0.2) is 18.4 Å². The minimum absolute atomic E-state index is 0.0373. The highest BCUT2D eigenvalue weighted by Gasteiger charge is 2.41. The van der Waals surface area contributed by atoms with Crippen molar-refractivity contribution in [2.45, 2.75) is 55.3 Å². The molecule has 4 rings (SSSR count). The number of aliphatic hydroxyl groups is 1. The summed E-state index contributed by atoms with van der Waals surface area (Å²) in [7, 11) is 0. The molecule has 3 aromatic rings. The molecular formula is C28H31F2N3OS. The molecule has 184 valence electrons. The third kappa shape index (κ3) is 6.67. The van der Waals surface area contributed by atoms with Gasteiger partial charge in [0.25, 0.3) is 0 Å². The number of aromatic nitrogens is 3. The lowest BCUT2D eigenvalue weighted by molar-refractivity contribution is 0.0131. The zero-order valence-corrected chi connectivity index (χ0v) is 20.6. The van der Waals surface area contributed by atoms with E-state index in [0.29, 0.717) is 11.2 Å². The summed E-state index contributed by atoms with van der Waals surface area (Å²) in [6.45, 7) is 1.94. The molecule has 35 heavy (non-hydrogen) atoms. The van der Waals surface area contributed by atoms with Gasteiger partial charge >= 0.3 is 0 Å². The van der Waals surface area contributed by atoms with Crippen molar-refractivity contribution in [1.82, 2.24) is 14.8 Å². The maximum atomic E-state index is 14.8. The molecule has 0 amide bonds. The van der Waals surface area contributed by atoms with Crippen LogP contribution < -0.4 is 0 Å². The third-order valence-corrected chi connectivity index (χ3v) is 8.29. The van der Waals surface area contributed by atoms with Gasteiger partial charge < -0.3 is 5.11 Å². The highest BCUT2D eigenvalue weighted by atomic mass is 32.2. The molecule has 0 radical (unpaired) electrons. The maximum Gasteiger partial charge on any atom is 0.137 e. The van der Waals surface area contributed by atoms with E-state index in [2.05, 4.69) is 46.5 Å². The second-order valence-corrected chi connectivity index (χ2v) is 10.8. The van der Waals surface area contributed by atoms with E-state index in [9.17, 15) is 13.9 Å². The fraction of sp³-hybridized carbons (Fsp3) is 0.357. The minimum Gasteiger partial charge on any atom is -0.382 e. The summed E-state index contributed by atoms with van der Waals surface area (Å²) < 4.78 is 29.8. The molecule has 1 heterocycles. The van der Waals surface area contributed by atoms with Crippen LogP contribution >= 0.6 is 11.8 Å². The summed E-state index contributed by atoms with van der Waals surface area (Å²) in [4.78, 5) is 3.94. The predicted octanol–water partition coefficient (Wildman–Crippen LogP) is 6.39. The second kappa shape index (κ2) is 11.8. The van der Waals surface area contributed by atoms with Gasteiger partial charge in [0, 0.05) is 22.1 Å². The van der Waals surface area contributed by atoms with Crippen molar-refractivity contribution in [2.24, 2.45) is 5.92 Å². The summed E-state index contributed by atoms with van der Waals surface area (Å²) in [5, 5.41) is 15.8. The molecule has 1 saturated carbocycles. The lowest BCUT2D eigenvalue weighted by Gasteiger charge is -2.37. The zero-order chi connectivity index (χ0) is 24.7. The Hall–Kier alpha value is -2.77. The molecule has 1 fully saturated rings. The Labute approximate surface area is 209 Å². The van der Waals surface area contributed by atoms with Crippen LogP contribution in [0, 0.1) is 17.6 Å². The Morgan fingerprint density at radius 3 is 2.57 bits per heavy atom. The molecule has 0 saturated heterocycles. The lowest BCUT2D eigenvalue weighted by atomic mass is 9.88. The molecule has 0 bridgehead atoms. The average Bonchev–Trinajstić information content (AvgIpc) is 3.36. The third-order valence-electron chi connectivity index (χ3n) is 6.64. The molecule has 4 nitrogen and oxygen atoms in total. The zero-order valence-electron chi connectivity index (χ0n) is 19.8. The minimum atomic E-state index is -1.56. The van der Waals surface area contributed by atoms with Crippen LogP contribution in [-0.2, 0) is 12.1 Å². The van der Waals surface area contributed by atoms with E-state index in [4.69, 9.17) is 0 Å². The second-order valence-electron chi connectivity index (χ2n) is 9.11. The quantitative estimate of drug-likeness (QED) is 0.349. The highest BCUT2D eigenvalue weighted by Crippen LogP contribution is 2.42. The number of hydrogen-bond acceptors (Lipinski definition) is 4. The first-order valence-corrected chi connectivity index (χ1v) is 12.9. The molecule has 2 atom stereocenters. The van der Waals surface area contributed by atoms with E-state index in [1.165, 1.54) is 35.0 Å². The van der Waals surface area contributed by atoms with Crippen molar-refractivity contribution in [2.75, 3.05) is 0 Å². The SMILES string of the molecule is C[C@@H](SC1CCC(/C=C/C=C/c2ccccc2)CC1)[C@](O)(Cn1cncn1)c1ccc(F)cc1F. The summed E-state index contributed by atoms with van der Waals surface area (Å²) in [6, 6.07) is 13.6. The van der Waals surface area contributed by atoms with Crippen molar-refractivity contribution in [3.63, 3.8) is 0 Å². The van der Waals surface area contributed by atoms with E-state index >= 15 is 0 Å². The number of hydrogen-bond donors (Lipinski definition) is 1. The largest absolute Gasteiger partial charge is 0.382 e. The van der Waals surface area contributed by atoms with E-state index in [-0.39, 0.29) is 17.4 Å². The van der Waals surface area contributed by atoms with Crippen molar-refractivity contribution >= 4 is 17.8 Å². The van der Waals surface area contributed by atoms with Crippen LogP contribution in [0.3, 0.4) is 0 Å². The predicted molar refractivity (Wildman–Crippen MR) is 138 cm³/mol. The van der Waals surface area contributed by atoms with Crippen LogP contribution in [0.1, 0.15) is 43.7 Å². The lowest BCUT2D eigenvalue weighted by Crippen LogP contribution is -2.42. The van der Waals surface area contributed by atoms with Crippen molar-refractivity contribution in [1.29, 1.82) is 0 Å². The van der Waals surface area contributed by atoms with Crippen LogP contribution in [0.4, 0.5) is 8.78 Å². The molecule has 1 aromatic heterocycles. The van der Waals surface area contributed by atoms with E-state index in [1.54, 1.807) is 11.8 Å². The van der Waals surface area contributed by atoms with E-state index in [1.807, 2.05) is 25.1 Å². The summed E-state index contributed by atoms with van der Waals surface area (Å²) >= 11 is 1.67. The summed E-state index contributed by atoms with van der Waals surface area (Å²) in [5.41, 5.74) is -0.298. The van der Waals surface area contributed by atoms with Gasteiger partial charge in [0.2, 0.25) is 0 Å². The van der Waals surface area contributed by atoms with Crippen LogP contribution in [0.5, 0.6) is 0 Å². The van der Waals surface area contributed by atoms with E-state index < -0.39 is 17.2 Å². The van der Waals surface area contributed by atoms with E-state index in [0.717, 1.165) is 31.7 Å². The van der Waals surface area contributed by atoms with Crippen molar-refractivity contribution in [3.05, 3.63) is 102 Å². The Morgan fingerprint density at radius 2 is 1.89 bits per heavy atom.